The lowest BCUT2D eigenvalue weighted by Gasteiger charge is -2.13. The topological polar surface area (TPSA) is 30.7 Å². The number of aromatic nitrogens is 3. The molecule has 0 aliphatic carbocycles. The highest BCUT2D eigenvalue weighted by molar-refractivity contribution is 7.12. The maximum Gasteiger partial charge on any atom is 0.225 e. The van der Waals surface area contributed by atoms with Crippen molar-refractivity contribution in [3.63, 3.8) is 0 Å². The summed E-state index contributed by atoms with van der Waals surface area (Å²) in [5, 5.41) is 8.26. The van der Waals surface area contributed by atoms with Gasteiger partial charge in [-0.3, -0.25) is 4.57 Å². The zero-order valence-electron chi connectivity index (χ0n) is 8.86. The summed E-state index contributed by atoms with van der Waals surface area (Å²) in [5.41, 5.74) is 0. The van der Waals surface area contributed by atoms with Crippen LogP contribution in [-0.4, -0.2) is 14.8 Å². The molecule has 0 aromatic carbocycles. The molecule has 0 bridgehead atoms. The maximum absolute atomic E-state index is 5.99. The van der Waals surface area contributed by atoms with Crippen molar-refractivity contribution in [3.8, 4) is 0 Å². The predicted molar refractivity (Wildman–Crippen MR) is 62.6 cm³/mol. The second kappa shape index (κ2) is 3.94. The largest absolute Gasteiger partial charge is 0.294 e. The molecule has 0 fully saturated rings. The molecule has 1 unspecified atom stereocenters. The van der Waals surface area contributed by atoms with Crippen molar-refractivity contribution >= 4 is 22.9 Å². The first-order chi connectivity index (χ1) is 7.09. The fourth-order valence-corrected chi connectivity index (χ4v) is 2.82. The van der Waals surface area contributed by atoms with Gasteiger partial charge in [0.2, 0.25) is 5.28 Å². The summed E-state index contributed by atoms with van der Waals surface area (Å²) in [5.74, 6) is 0.846. The van der Waals surface area contributed by atoms with Crippen molar-refractivity contribution in [3.05, 3.63) is 33.0 Å². The molecule has 0 aliphatic rings. The molecule has 2 aromatic rings. The van der Waals surface area contributed by atoms with E-state index in [-0.39, 0.29) is 6.04 Å². The molecule has 0 spiro atoms. The Morgan fingerprint density at radius 1 is 1.33 bits per heavy atom. The van der Waals surface area contributed by atoms with Crippen LogP contribution in [0.5, 0.6) is 0 Å². The predicted octanol–water partition coefficient (Wildman–Crippen LogP) is 3.22. The third-order valence-corrected chi connectivity index (χ3v) is 3.81. The van der Waals surface area contributed by atoms with Crippen LogP contribution in [0.1, 0.15) is 28.5 Å². The molecule has 2 aromatic heterocycles. The summed E-state index contributed by atoms with van der Waals surface area (Å²) in [6.07, 6.45) is 0. The zero-order chi connectivity index (χ0) is 11.0. The average molecular weight is 242 g/mol. The van der Waals surface area contributed by atoms with Gasteiger partial charge in [-0.05, 0) is 44.5 Å². The Labute approximate surface area is 97.7 Å². The fourth-order valence-electron chi connectivity index (χ4n) is 1.59. The number of hydrogen-bond donors (Lipinski definition) is 0. The van der Waals surface area contributed by atoms with Gasteiger partial charge in [0.05, 0.1) is 6.04 Å². The molecule has 2 rings (SSSR count). The Hall–Kier alpha value is -0.870. The minimum atomic E-state index is 0.200. The maximum atomic E-state index is 5.99. The number of hydrogen-bond acceptors (Lipinski definition) is 3. The number of thiophene rings is 1. The van der Waals surface area contributed by atoms with E-state index in [1.807, 2.05) is 11.5 Å². The Kier molecular flexibility index (Phi) is 2.80. The number of aryl methyl sites for hydroxylation is 2. The van der Waals surface area contributed by atoms with Gasteiger partial charge in [0.25, 0.3) is 0 Å². The van der Waals surface area contributed by atoms with E-state index in [2.05, 4.69) is 36.2 Å². The van der Waals surface area contributed by atoms with Crippen molar-refractivity contribution in [2.75, 3.05) is 0 Å². The van der Waals surface area contributed by atoms with Crippen LogP contribution in [0.25, 0.3) is 0 Å². The van der Waals surface area contributed by atoms with Gasteiger partial charge < -0.3 is 0 Å². The van der Waals surface area contributed by atoms with Crippen molar-refractivity contribution in [1.82, 2.24) is 14.8 Å². The minimum Gasteiger partial charge on any atom is -0.294 e. The molecule has 3 nitrogen and oxygen atoms in total. The van der Waals surface area contributed by atoms with Gasteiger partial charge in [-0.25, -0.2) is 0 Å². The molecule has 0 saturated carbocycles. The minimum absolute atomic E-state index is 0.200. The molecule has 2 heterocycles. The molecule has 0 aliphatic heterocycles. The molecular weight excluding hydrogens is 230 g/mol. The number of rotatable bonds is 2. The molecule has 0 radical (unpaired) electrons. The Morgan fingerprint density at radius 3 is 2.53 bits per heavy atom. The molecule has 80 valence electrons. The molecule has 15 heavy (non-hydrogen) atoms. The van der Waals surface area contributed by atoms with E-state index in [1.54, 1.807) is 11.3 Å². The third-order valence-electron chi connectivity index (χ3n) is 2.38. The summed E-state index contributed by atoms with van der Waals surface area (Å²) in [7, 11) is 0. The first kappa shape index (κ1) is 10.6. The van der Waals surface area contributed by atoms with Crippen molar-refractivity contribution < 1.29 is 0 Å². The van der Waals surface area contributed by atoms with Crippen LogP contribution in [0.4, 0.5) is 0 Å². The fraction of sp³-hybridized carbons (Fsp3) is 0.400. The van der Waals surface area contributed by atoms with E-state index < -0.39 is 0 Å². The smallest absolute Gasteiger partial charge is 0.225 e. The van der Waals surface area contributed by atoms with Gasteiger partial charge in [0, 0.05) is 9.75 Å². The van der Waals surface area contributed by atoms with Gasteiger partial charge >= 0.3 is 0 Å². The second-order valence-corrected chi connectivity index (χ2v) is 5.17. The van der Waals surface area contributed by atoms with Crippen LogP contribution in [0.2, 0.25) is 5.28 Å². The van der Waals surface area contributed by atoms with Crippen LogP contribution in [-0.2, 0) is 0 Å². The highest BCUT2D eigenvalue weighted by Gasteiger charge is 2.16. The quantitative estimate of drug-likeness (QED) is 0.808. The lowest BCUT2D eigenvalue weighted by atomic mass is 10.2. The summed E-state index contributed by atoms with van der Waals surface area (Å²) < 4.78 is 1.94. The lowest BCUT2D eigenvalue weighted by Crippen LogP contribution is -2.07. The SMILES string of the molecule is Cc1ccc(C(C)n2c(C)nnc2Cl)s1. The van der Waals surface area contributed by atoms with Crippen LogP contribution in [0.3, 0.4) is 0 Å². The molecule has 0 saturated heterocycles. The highest BCUT2D eigenvalue weighted by Crippen LogP contribution is 2.28. The molecule has 1 atom stereocenters. The van der Waals surface area contributed by atoms with Crippen molar-refractivity contribution in [2.24, 2.45) is 0 Å². The first-order valence-corrected chi connectivity index (χ1v) is 5.92. The summed E-state index contributed by atoms with van der Waals surface area (Å²) in [6.45, 7) is 6.12. The van der Waals surface area contributed by atoms with Gasteiger partial charge in [0.1, 0.15) is 5.82 Å². The number of nitrogens with zero attached hydrogens (tertiary/aromatic N) is 3. The first-order valence-electron chi connectivity index (χ1n) is 4.73. The Morgan fingerprint density at radius 2 is 2.07 bits per heavy atom. The summed E-state index contributed by atoms with van der Waals surface area (Å²) >= 11 is 7.77. The normalized spacial score (nSPS) is 13.1. The van der Waals surface area contributed by atoms with Gasteiger partial charge in [-0.1, -0.05) is 0 Å². The van der Waals surface area contributed by atoms with Crippen LogP contribution in [0.15, 0.2) is 12.1 Å². The Balaban J connectivity index is 2.40. The van der Waals surface area contributed by atoms with Gasteiger partial charge in [-0.15, -0.1) is 21.5 Å². The van der Waals surface area contributed by atoms with E-state index in [4.69, 9.17) is 11.6 Å². The van der Waals surface area contributed by atoms with E-state index in [0.717, 1.165) is 5.82 Å². The summed E-state index contributed by atoms with van der Waals surface area (Å²) in [4.78, 5) is 2.58. The second-order valence-electron chi connectivity index (χ2n) is 3.51. The summed E-state index contributed by atoms with van der Waals surface area (Å²) in [6, 6.07) is 4.44. The molecule has 0 amide bonds. The van der Waals surface area contributed by atoms with Crippen LogP contribution < -0.4 is 0 Å². The van der Waals surface area contributed by atoms with Crippen molar-refractivity contribution in [1.29, 1.82) is 0 Å². The Bertz CT molecular complexity index is 455. The monoisotopic (exact) mass is 241 g/mol. The van der Waals surface area contributed by atoms with Crippen LogP contribution in [0, 0.1) is 13.8 Å². The van der Waals surface area contributed by atoms with E-state index in [9.17, 15) is 0 Å². The number of halogens is 1. The van der Waals surface area contributed by atoms with E-state index in [0.29, 0.717) is 5.28 Å². The average Bonchev–Trinajstić information content (AvgIpc) is 2.73. The van der Waals surface area contributed by atoms with E-state index >= 15 is 0 Å². The third kappa shape index (κ3) is 1.92. The highest BCUT2D eigenvalue weighted by atomic mass is 35.5. The van der Waals surface area contributed by atoms with Crippen LogP contribution >= 0.6 is 22.9 Å². The molecule has 0 N–H and O–H groups in total. The molecule has 5 heteroatoms. The van der Waals surface area contributed by atoms with Crippen molar-refractivity contribution in [2.45, 2.75) is 26.8 Å². The lowest BCUT2D eigenvalue weighted by molar-refractivity contribution is 0.629. The standard InChI is InChI=1S/C10H12ClN3S/c1-6-4-5-9(15-6)7(2)14-8(3)12-13-10(14)11/h4-5,7H,1-3H3. The van der Waals surface area contributed by atoms with Gasteiger partial charge in [-0.2, -0.15) is 0 Å². The molecular formula is C10H12ClN3S. The van der Waals surface area contributed by atoms with E-state index in [1.165, 1.54) is 9.75 Å². The zero-order valence-corrected chi connectivity index (χ0v) is 10.4. The van der Waals surface area contributed by atoms with Gasteiger partial charge in [0.15, 0.2) is 0 Å².